The van der Waals surface area contributed by atoms with Crippen molar-refractivity contribution in [3.05, 3.63) is 205 Å². The Labute approximate surface area is 344 Å². The molecule has 0 aliphatic heterocycles. The zero-order valence-corrected chi connectivity index (χ0v) is 32.6. The molecule has 0 fully saturated rings. The Hall–Kier alpha value is -7.81. The van der Waals surface area contributed by atoms with Gasteiger partial charge in [0, 0.05) is 34.5 Å². The predicted molar refractivity (Wildman–Crippen MR) is 238 cm³/mol. The highest BCUT2D eigenvalue weighted by Gasteiger charge is 2.35. The monoisotopic (exact) mass is 755 g/mol. The molecule has 1 aliphatic rings. The summed E-state index contributed by atoms with van der Waals surface area (Å²) in [6.07, 6.45) is 3.68. The summed E-state index contributed by atoms with van der Waals surface area (Å²) in [5, 5.41) is 9.70. The lowest BCUT2D eigenvalue weighted by atomic mass is 9.81. The average molecular weight is 756 g/mol. The second-order valence-electron chi connectivity index (χ2n) is 15.5. The largest absolute Gasteiger partial charge is 0.264 e. The van der Waals surface area contributed by atoms with Gasteiger partial charge in [-0.25, -0.2) is 15.0 Å². The second-order valence-corrected chi connectivity index (χ2v) is 15.5. The molecule has 10 rings (SSSR count). The number of benzene rings is 7. The molecular formula is C54H37N5. The molecular weight excluding hydrogens is 719 g/mol. The van der Waals surface area contributed by atoms with Crippen LogP contribution < -0.4 is 0 Å². The molecule has 59 heavy (non-hydrogen) atoms. The number of fused-ring (bicyclic) bond motifs is 3. The van der Waals surface area contributed by atoms with Gasteiger partial charge in [0.25, 0.3) is 0 Å². The minimum atomic E-state index is -0.235. The molecule has 9 aromatic rings. The molecule has 5 nitrogen and oxygen atoms in total. The minimum Gasteiger partial charge on any atom is -0.264 e. The molecule has 1 aliphatic carbocycles. The van der Waals surface area contributed by atoms with Gasteiger partial charge >= 0.3 is 0 Å². The van der Waals surface area contributed by atoms with Crippen molar-refractivity contribution in [1.29, 1.82) is 5.26 Å². The summed E-state index contributed by atoms with van der Waals surface area (Å²) in [4.78, 5) is 19.7. The number of nitriles is 1. The van der Waals surface area contributed by atoms with E-state index >= 15 is 0 Å². The zero-order valence-electron chi connectivity index (χ0n) is 32.6. The third kappa shape index (κ3) is 6.67. The Bertz CT molecular complexity index is 3040. The van der Waals surface area contributed by atoms with Crippen molar-refractivity contribution in [2.75, 3.05) is 0 Å². The molecule has 278 valence electrons. The molecule has 5 heteroatoms. The fourth-order valence-electron chi connectivity index (χ4n) is 8.27. The van der Waals surface area contributed by atoms with E-state index in [0.717, 1.165) is 66.8 Å². The molecule has 0 bridgehead atoms. The van der Waals surface area contributed by atoms with Crippen molar-refractivity contribution < 1.29 is 0 Å². The van der Waals surface area contributed by atoms with Gasteiger partial charge in [-0.3, -0.25) is 4.98 Å². The van der Waals surface area contributed by atoms with Crippen molar-refractivity contribution in [3.8, 4) is 95.9 Å². The molecule has 0 unspecified atom stereocenters. The van der Waals surface area contributed by atoms with Gasteiger partial charge in [0.1, 0.15) is 0 Å². The van der Waals surface area contributed by atoms with Gasteiger partial charge in [0.2, 0.25) is 0 Å². The predicted octanol–water partition coefficient (Wildman–Crippen LogP) is 13.1. The molecule has 2 aromatic heterocycles. The first-order valence-corrected chi connectivity index (χ1v) is 19.7. The Kier molecular flexibility index (Phi) is 8.81. The van der Waals surface area contributed by atoms with Crippen LogP contribution >= 0.6 is 0 Å². The Morgan fingerprint density at radius 1 is 0.390 bits per heavy atom. The highest BCUT2D eigenvalue weighted by molar-refractivity contribution is 5.87. The van der Waals surface area contributed by atoms with E-state index in [1.807, 2.05) is 60.8 Å². The topological polar surface area (TPSA) is 75.3 Å². The summed E-state index contributed by atoms with van der Waals surface area (Å²) in [7, 11) is 0. The molecule has 0 radical (unpaired) electrons. The molecule has 0 saturated carbocycles. The Morgan fingerprint density at radius 3 is 1.51 bits per heavy atom. The minimum absolute atomic E-state index is 0.235. The second kappa shape index (κ2) is 14.6. The zero-order chi connectivity index (χ0) is 39.9. The van der Waals surface area contributed by atoms with Gasteiger partial charge in [0.15, 0.2) is 17.5 Å². The summed E-state index contributed by atoms with van der Waals surface area (Å²) in [5.41, 5.74) is 16.6. The van der Waals surface area contributed by atoms with E-state index in [2.05, 4.69) is 146 Å². The lowest BCUT2D eigenvalue weighted by Gasteiger charge is -2.22. The third-order valence-electron chi connectivity index (χ3n) is 11.5. The highest BCUT2D eigenvalue weighted by Crippen LogP contribution is 2.50. The van der Waals surface area contributed by atoms with E-state index in [4.69, 9.17) is 15.0 Å². The average Bonchev–Trinajstić information content (AvgIpc) is 3.54. The first-order chi connectivity index (χ1) is 28.9. The standard InChI is InChI=1S/C54H37N5/c1-54(2)49-26-15-35(33-55)28-48(49)47-25-24-42(32-50(47)54)45-29-44(39-18-16-38(17-19-39)43-14-9-27-56-34-43)30-46(31-45)53-58-51(40-12-7-4-8-13-40)57-52(59-53)41-22-20-37(21-23-41)36-10-5-3-6-11-36/h3-32,34H,1-2H3. The third-order valence-corrected chi connectivity index (χ3v) is 11.5. The summed E-state index contributed by atoms with van der Waals surface area (Å²) >= 11 is 0. The molecule has 0 saturated heterocycles. The lowest BCUT2D eigenvalue weighted by Crippen LogP contribution is -2.15. The molecule has 0 N–H and O–H groups in total. The van der Waals surface area contributed by atoms with Crippen molar-refractivity contribution in [3.63, 3.8) is 0 Å². The van der Waals surface area contributed by atoms with Crippen LogP contribution in [-0.4, -0.2) is 19.9 Å². The van der Waals surface area contributed by atoms with Gasteiger partial charge in [-0.2, -0.15) is 5.26 Å². The van der Waals surface area contributed by atoms with Crippen LogP contribution in [0.2, 0.25) is 0 Å². The smallest absolute Gasteiger partial charge is 0.164 e. The van der Waals surface area contributed by atoms with Crippen molar-refractivity contribution >= 4 is 0 Å². The van der Waals surface area contributed by atoms with Crippen molar-refractivity contribution in [2.24, 2.45) is 0 Å². The summed E-state index contributed by atoms with van der Waals surface area (Å²) in [6, 6.07) is 63.3. The molecule has 0 spiro atoms. The number of aromatic nitrogens is 4. The normalized spacial score (nSPS) is 12.4. The fourth-order valence-corrected chi connectivity index (χ4v) is 8.27. The van der Waals surface area contributed by atoms with Crippen LogP contribution in [0.1, 0.15) is 30.5 Å². The first-order valence-electron chi connectivity index (χ1n) is 19.7. The van der Waals surface area contributed by atoms with Crippen LogP contribution in [0, 0.1) is 11.3 Å². The quantitative estimate of drug-likeness (QED) is 0.162. The van der Waals surface area contributed by atoms with E-state index in [-0.39, 0.29) is 5.41 Å². The van der Waals surface area contributed by atoms with E-state index < -0.39 is 0 Å². The number of hydrogen-bond donors (Lipinski definition) is 0. The van der Waals surface area contributed by atoms with E-state index in [1.54, 1.807) is 6.20 Å². The number of pyridine rings is 1. The number of nitrogens with zero attached hydrogens (tertiary/aromatic N) is 5. The van der Waals surface area contributed by atoms with Crippen LogP contribution in [0.25, 0.3) is 89.8 Å². The summed E-state index contributed by atoms with van der Waals surface area (Å²) < 4.78 is 0. The maximum Gasteiger partial charge on any atom is 0.164 e. The SMILES string of the molecule is CC1(C)c2ccc(C#N)cc2-c2ccc(-c3cc(-c4ccc(-c5cccnc5)cc4)cc(-c4nc(-c5ccccc5)nc(-c5ccc(-c6ccccc6)cc5)n4)c3)cc21. The lowest BCUT2D eigenvalue weighted by molar-refractivity contribution is 0.660. The van der Waals surface area contributed by atoms with Gasteiger partial charge in [-0.05, 0) is 109 Å². The Balaban J connectivity index is 1.13. The van der Waals surface area contributed by atoms with Crippen LogP contribution in [-0.2, 0) is 5.41 Å². The molecule has 0 atom stereocenters. The fraction of sp³-hybridized carbons (Fsp3) is 0.0556. The van der Waals surface area contributed by atoms with Crippen molar-refractivity contribution in [2.45, 2.75) is 19.3 Å². The van der Waals surface area contributed by atoms with Gasteiger partial charge in [0.05, 0.1) is 11.6 Å². The van der Waals surface area contributed by atoms with Crippen LogP contribution in [0.4, 0.5) is 0 Å². The number of rotatable bonds is 7. The van der Waals surface area contributed by atoms with Gasteiger partial charge < -0.3 is 0 Å². The van der Waals surface area contributed by atoms with Crippen molar-refractivity contribution in [1.82, 2.24) is 19.9 Å². The number of hydrogen-bond acceptors (Lipinski definition) is 5. The van der Waals surface area contributed by atoms with Crippen LogP contribution in [0.3, 0.4) is 0 Å². The highest BCUT2D eigenvalue weighted by atomic mass is 15.0. The van der Waals surface area contributed by atoms with Gasteiger partial charge in [-0.1, -0.05) is 147 Å². The van der Waals surface area contributed by atoms with E-state index in [0.29, 0.717) is 23.0 Å². The summed E-state index contributed by atoms with van der Waals surface area (Å²) in [6.45, 7) is 4.53. The van der Waals surface area contributed by atoms with Gasteiger partial charge in [-0.15, -0.1) is 0 Å². The maximum atomic E-state index is 9.70. The van der Waals surface area contributed by atoms with Crippen LogP contribution in [0.15, 0.2) is 188 Å². The first kappa shape index (κ1) is 35.6. The molecule has 0 amide bonds. The van der Waals surface area contributed by atoms with Crippen LogP contribution in [0.5, 0.6) is 0 Å². The molecule has 7 aromatic carbocycles. The molecule has 2 heterocycles. The van der Waals surface area contributed by atoms with E-state index in [9.17, 15) is 5.26 Å². The van der Waals surface area contributed by atoms with E-state index in [1.165, 1.54) is 16.7 Å². The Morgan fingerprint density at radius 2 is 0.881 bits per heavy atom. The summed E-state index contributed by atoms with van der Waals surface area (Å²) in [5.74, 6) is 1.81. The maximum absolute atomic E-state index is 9.70.